The summed E-state index contributed by atoms with van der Waals surface area (Å²) >= 11 is 0. The van der Waals surface area contributed by atoms with E-state index in [-0.39, 0.29) is 190 Å². The van der Waals surface area contributed by atoms with Crippen LogP contribution in [0.1, 0.15) is 230 Å². The lowest BCUT2D eigenvalue weighted by molar-refractivity contribution is -0.150. The van der Waals surface area contributed by atoms with Gasteiger partial charge in [-0.1, -0.05) is 115 Å². The van der Waals surface area contributed by atoms with Crippen molar-refractivity contribution in [2.75, 3.05) is 264 Å². The first-order valence-electron chi connectivity index (χ1n) is 50.8. The van der Waals surface area contributed by atoms with Crippen LogP contribution in [0.25, 0.3) is 0 Å². The van der Waals surface area contributed by atoms with Gasteiger partial charge in [-0.05, 0) is 96.3 Å². The summed E-state index contributed by atoms with van der Waals surface area (Å²) < 4.78 is 98.8. The zero-order chi connectivity index (χ0) is 116. The van der Waals surface area contributed by atoms with E-state index in [2.05, 4.69) is 18.6 Å². The minimum atomic E-state index is -1.44. The predicted octanol–water partition coefficient (Wildman–Crippen LogP) is 3.66. The Balaban J connectivity index is -0.000000158. The number of aliphatic carboxylic acids is 11. The van der Waals surface area contributed by atoms with E-state index in [9.17, 15) is 78.3 Å². The molecule has 53 heteroatoms. The third kappa shape index (κ3) is 186. The van der Waals surface area contributed by atoms with Crippen LogP contribution in [0.4, 0.5) is 0 Å². The first-order valence-corrected chi connectivity index (χ1v) is 50.8. The molecule has 0 amide bonds. The maximum Gasteiger partial charge on any atom is 0.334 e. The van der Waals surface area contributed by atoms with Crippen molar-refractivity contribution in [1.29, 1.82) is 0 Å². The molecule has 900 valence electrons. The molecule has 0 heterocycles. The van der Waals surface area contributed by atoms with Gasteiger partial charge >= 0.3 is 65.7 Å². The molecule has 0 fully saturated rings. The van der Waals surface area contributed by atoms with Gasteiger partial charge in [-0.25, -0.2) is 38.4 Å². The summed E-state index contributed by atoms with van der Waals surface area (Å²) in [5.74, 6) is -10.8. The smallest absolute Gasteiger partial charge is 0.334 e. The molecule has 0 saturated heterocycles. The highest BCUT2D eigenvalue weighted by Gasteiger charge is 2.15. The molecule has 11 atom stereocenters. The average molecular weight is 2210 g/mol. The quantitative estimate of drug-likeness (QED) is 0.0386. The topological polar surface area (TPSA) is 817 Å². The third-order valence-electron chi connectivity index (χ3n) is 16.9. The molecule has 0 aliphatic heterocycles. The van der Waals surface area contributed by atoms with Gasteiger partial charge in [0, 0.05) is 52.9 Å². The molecule has 0 saturated carbocycles. The first kappa shape index (κ1) is 165. The summed E-state index contributed by atoms with van der Waals surface area (Å²) in [6.07, 6.45) is 10.8. The van der Waals surface area contributed by atoms with Crippen LogP contribution >= 0.6 is 0 Å². The number of carboxylic acids is 11. The fourth-order valence-corrected chi connectivity index (χ4v) is 8.86. The van der Waals surface area contributed by atoms with Crippen molar-refractivity contribution < 1.29 is 260 Å². The molecule has 0 aromatic rings. The van der Waals surface area contributed by atoms with Crippen molar-refractivity contribution in [2.45, 2.75) is 297 Å². The zero-order valence-electron chi connectivity index (χ0n) is 90.6. The summed E-state index contributed by atoms with van der Waals surface area (Å²) in [5.41, 5.74) is 0. The molecule has 0 rings (SSSR count). The highest BCUT2D eigenvalue weighted by atomic mass is 16.6. The highest BCUT2D eigenvalue weighted by Crippen LogP contribution is 2.06. The normalized spacial score (nSPS) is 12.7. The Morgan fingerprint density at radius 2 is 0.373 bits per heavy atom. The number of unbranched alkanes of at least 4 members (excludes halogenated alkanes) is 2. The van der Waals surface area contributed by atoms with E-state index < -0.39 is 114 Å². The van der Waals surface area contributed by atoms with Crippen LogP contribution in [-0.2, 0) is 147 Å². The van der Waals surface area contributed by atoms with Gasteiger partial charge in [0.2, 0.25) is 0 Å². The summed E-state index contributed by atoms with van der Waals surface area (Å²) in [4.78, 5) is 110. The van der Waals surface area contributed by atoms with Crippen molar-refractivity contribution in [3.8, 4) is 0 Å². The number of rotatable bonds is 95. The molecule has 0 aromatic heterocycles. The monoisotopic (exact) mass is 2210 g/mol. The molecule has 0 spiro atoms. The van der Waals surface area contributed by atoms with Crippen LogP contribution in [0.15, 0.2) is 0 Å². The van der Waals surface area contributed by atoms with E-state index in [0.717, 1.165) is 77.0 Å². The van der Waals surface area contributed by atoms with Gasteiger partial charge in [0.1, 0.15) is 58.5 Å². The van der Waals surface area contributed by atoms with Gasteiger partial charge in [0.25, 0.3) is 0 Å². The Morgan fingerprint density at radius 3 is 0.693 bits per heavy atom. The highest BCUT2D eigenvalue weighted by molar-refractivity contribution is 5.72. The number of aliphatic hydroxyl groups excluding tert-OH is 11. The van der Waals surface area contributed by atoms with Gasteiger partial charge < -0.3 is 207 Å². The molecule has 22 N–H and O–H groups in total. The Bertz CT molecular complexity index is 2820. The lowest BCUT2D eigenvalue weighted by Crippen LogP contribution is -2.26. The van der Waals surface area contributed by atoms with E-state index in [1.807, 2.05) is 62.3 Å². The summed E-state index contributed by atoms with van der Waals surface area (Å²) in [6.45, 7) is 29.6. The second-order valence-corrected chi connectivity index (χ2v) is 31.7. The number of carbonyl (C=O) groups is 11. The Hall–Kier alpha value is -7.07. The minimum Gasteiger partial charge on any atom is -0.481 e. The maximum absolute atomic E-state index is 10.1. The molecule has 0 aromatic carbocycles. The lowest BCUT2D eigenvalue weighted by atomic mass is 10.1. The van der Waals surface area contributed by atoms with Crippen LogP contribution in [0.5, 0.6) is 0 Å². The van der Waals surface area contributed by atoms with Crippen molar-refractivity contribution in [2.24, 2.45) is 0 Å². The molecule has 0 aliphatic carbocycles. The second-order valence-electron chi connectivity index (χ2n) is 31.7. The summed E-state index contributed by atoms with van der Waals surface area (Å²) in [5, 5.41) is 191. The van der Waals surface area contributed by atoms with Crippen molar-refractivity contribution >= 4 is 65.7 Å². The van der Waals surface area contributed by atoms with Crippen molar-refractivity contribution in [3.63, 3.8) is 0 Å². The second kappa shape index (κ2) is 138. The largest absolute Gasteiger partial charge is 0.481 e. The first-order chi connectivity index (χ1) is 71.3. The molecular weight excluding hydrogens is 2010 g/mol. The minimum absolute atomic E-state index is 0.00115. The Morgan fingerprint density at radius 1 is 0.160 bits per heavy atom. The lowest BCUT2D eigenvalue weighted by Gasteiger charge is -2.11. The van der Waals surface area contributed by atoms with Crippen LogP contribution in [0, 0.1) is 0 Å². The van der Waals surface area contributed by atoms with E-state index in [1.54, 1.807) is 0 Å². The molecule has 0 bridgehead atoms. The predicted molar refractivity (Wildman–Crippen MR) is 540 cm³/mol. The van der Waals surface area contributed by atoms with E-state index in [0.29, 0.717) is 170 Å². The fraction of sp³-hybridized carbons (Fsp3) is 0.887. The summed E-state index contributed by atoms with van der Waals surface area (Å²) in [6, 6.07) is 0. The average Bonchev–Trinajstić information content (AvgIpc) is 1.01. The molecule has 0 aliphatic rings. The van der Waals surface area contributed by atoms with Crippen LogP contribution in [0.3, 0.4) is 0 Å². The van der Waals surface area contributed by atoms with Crippen LogP contribution in [0.2, 0.25) is 0 Å². The number of aliphatic hydroxyl groups is 11. The fourth-order valence-electron chi connectivity index (χ4n) is 8.86. The third-order valence-corrected chi connectivity index (χ3v) is 16.9. The Labute approximate surface area is 883 Å². The van der Waals surface area contributed by atoms with Gasteiger partial charge in [0.15, 0.2) is 6.10 Å². The van der Waals surface area contributed by atoms with Gasteiger partial charge in [-0.2, -0.15) is 0 Å². The SMILES string of the molecule is CCC(O)CCOCCC(=O)O.CCC(O)COCCC(=O)O.CCC(O)COCCCOCC(=O)O.CCC(O)COCCOCCOCC(=O)O.CCCC(O)CCOCC(=O)O.CCCC(O)CCOCCOCC(=O)O.CCCC(O)COCCC(=O)O.CCCCC(O)COCCOCC(=O)O.CCCCOCC(O)COCC(=O)O.CCCOCC(O)COCCOCC(=O)O.CCCOCCOCC(O)C(=O)O. The Kier molecular flexibility index (Phi) is 152. The molecule has 150 heavy (non-hydrogen) atoms. The van der Waals surface area contributed by atoms with Gasteiger partial charge in [-0.3, -0.25) is 14.4 Å². The number of hydrogen-bond donors (Lipinski definition) is 22. The van der Waals surface area contributed by atoms with Gasteiger partial charge in [0.05, 0.1) is 233 Å². The van der Waals surface area contributed by atoms with E-state index >= 15 is 0 Å². The summed E-state index contributed by atoms with van der Waals surface area (Å²) in [7, 11) is 0. The molecular formula is C97H194O53. The van der Waals surface area contributed by atoms with E-state index in [4.69, 9.17) is 177 Å². The van der Waals surface area contributed by atoms with Crippen LogP contribution in [-0.4, -0.2) is 509 Å². The molecule has 53 nitrogen and oxygen atoms in total. The number of ether oxygens (including phenoxy) is 20. The zero-order valence-corrected chi connectivity index (χ0v) is 90.6. The molecule has 0 radical (unpaired) electrons. The van der Waals surface area contributed by atoms with Crippen molar-refractivity contribution in [1.82, 2.24) is 0 Å². The number of hydrogen-bond acceptors (Lipinski definition) is 42. The standard InChI is InChI=1S/2C10H20O6.2C10H20O5.2C9H18O5.C8H16O5.3C8H16O4.C7H14O4/c1-2-9(11)7-15-5-3-14-4-6-16-8-10(12)13;1-2-3-14-6-9(11)7-15-4-5-16-8-10(12)13;1-2-3-9(11)4-5-14-6-7-15-8-10(12)13;1-2-3-4-9(11)7-14-5-6-15-8-10(12)13;1-2-8(10)6-13-4-3-5-14-7-9(11)12;1-2-3-4-13-5-8(10)6-14-7-9(11)12;1-2-3-12-4-5-13-6-7(9)8(10)11;1-2-7(9)3-5-12-6-4-8(10)11;1-2-3-7(9)6-12-5-4-8(10)11;1-2-3-7(9)4-5-12-6-8(10)11;1-2-6(8)5-11-4-3-7(9)10/h2*9,11H,2-8H2,1H3,(H,12,13);2*9,11H,2-8H2,1H3,(H,12,13);2*8,10H,2-7H2,1H3,(H,11,12);7,9H,2-6H2,1H3,(H,10,11);3*7,9H,2-6H2,1H3,(H,10,11);6,8H,2-5H2,1H3,(H,9,10). The van der Waals surface area contributed by atoms with E-state index in [1.165, 1.54) is 0 Å². The van der Waals surface area contributed by atoms with Crippen molar-refractivity contribution in [3.05, 3.63) is 0 Å². The number of carboxylic acid groups (broad SMARTS) is 11. The van der Waals surface area contributed by atoms with Gasteiger partial charge in [-0.15, -0.1) is 0 Å². The maximum atomic E-state index is 10.1. The van der Waals surface area contributed by atoms with Crippen LogP contribution < -0.4 is 0 Å². The molecule has 11 unspecified atom stereocenters.